The highest BCUT2D eigenvalue weighted by molar-refractivity contribution is 7.90. The minimum absolute atomic E-state index is 0.248. The molecule has 1 saturated heterocycles. The van der Waals surface area contributed by atoms with Crippen LogP contribution in [0.25, 0.3) is 0 Å². The molecule has 2 N–H and O–H groups in total. The van der Waals surface area contributed by atoms with E-state index in [-0.39, 0.29) is 5.25 Å². The lowest BCUT2D eigenvalue weighted by atomic mass is 10.1. The zero-order valence-corrected chi connectivity index (χ0v) is 12.2. The van der Waals surface area contributed by atoms with Gasteiger partial charge in [0.1, 0.15) is 0 Å². The molecule has 5 heteroatoms. The number of piperidine rings is 1. The van der Waals surface area contributed by atoms with E-state index in [9.17, 15) is 8.42 Å². The average molecular weight is 282 g/mol. The molecular weight excluding hydrogens is 260 g/mol. The first-order valence-corrected chi connectivity index (χ1v) is 8.44. The van der Waals surface area contributed by atoms with Crippen LogP contribution in [-0.4, -0.2) is 26.8 Å². The molecule has 0 aliphatic carbocycles. The second kappa shape index (κ2) is 6.50. The van der Waals surface area contributed by atoms with Crippen molar-refractivity contribution in [1.82, 2.24) is 10.0 Å². The molecule has 0 saturated carbocycles. The fraction of sp³-hybridized carbons (Fsp3) is 0.571. The molecule has 1 aromatic carbocycles. The Labute approximate surface area is 115 Å². The van der Waals surface area contributed by atoms with E-state index >= 15 is 0 Å². The van der Waals surface area contributed by atoms with Crippen molar-refractivity contribution >= 4 is 10.0 Å². The molecule has 0 aromatic heterocycles. The minimum Gasteiger partial charge on any atom is -0.317 e. The number of aryl methyl sites for hydroxylation is 1. The normalized spacial score (nSPS) is 17.5. The van der Waals surface area contributed by atoms with Crippen LogP contribution in [0, 0.1) is 0 Å². The van der Waals surface area contributed by atoms with Crippen molar-refractivity contribution in [2.75, 3.05) is 13.1 Å². The monoisotopic (exact) mass is 282 g/mol. The molecule has 0 bridgehead atoms. The molecule has 0 unspecified atom stereocenters. The Morgan fingerprint density at radius 1 is 1.21 bits per heavy atom. The maximum absolute atomic E-state index is 12.2. The molecule has 1 fully saturated rings. The molecule has 0 amide bonds. The van der Waals surface area contributed by atoms with E-state index in [1.54, 1.807) is 0 Å². The van der Waals surface area contributed by atoms with Gasteiger partial charge >= 0.3 is 0 Å². The molecule has 0 atom stereocenters. The first kappa shape index (κ1) is 14.5. The summed E-state index contributed by atoms with van der Waals surface area (Å²) in [7, 11) is -3.20. The highest BCUT2D eigenvalue weighted by atomic mass is 32.2. The molecule has 106 valence electrons. The van der Waals surface area contributed by atoms with Gasteiger partial charge in [-0.05, 0) is 43.5 Å². The Bertz CT molecular complexity index is 508. The summed E-state index contributed by atoms with van der Waals surface area (Å²) < 4.78 is 27.2. The van der Waals surface area contributed by atoms with Crippen molar-refractivity contribution < 1.29 is 8.42 Å². The fourth-order valence-corrected chi connectivity index (χ4v) is 3.93. The number of rotatable bonds is 5. The topological polar surface area (TPSA) is 58.2 Å². The summed E-state index contributed by atoms with van der Waals surface area (Å²) in [5.74, 6) is 0. The number of nitrogens with one attached hydrogen (secondary N) is 2. The summed E-state index contributed by atoms with van der Waals surface area (Å²) in [6.07, 6.45) is 2.32. The molecular formula is C14H22N2O2S. The van der Waals surface area contributed by atoms with Gasteiger partial charge in [-0.3, -0.25) is 0 Å². The quantitative estimate of drug-likeness (QED) is 0.859. The van der Waals surface area contributed by atoms with Crippen molar-refractivity contribution in [2.24, 2.45) is 0 Å². The second-order valence-electron chi connectivity index (χ2n) is 4.94. The zero-order valence-electron chi connectivity index (χ0n) is 11.4. The Kier molecular flexibility index (Phi) is 4.96. The Morgan fingerprint density at radius 3 is 2.47 bits per heavy atom. The molecule has 0 spiro atoms. The van der Waals surface area contributed by atoms with Crippen LogP contribution >= 0.6 is 0 Å². The molecule has 4 nitrogen and oxygen atoms in total. The molecule has 2 rings (SSSR count). The lowest BCUT2D eigenvalue weighted by Gasteiger charge is -2.23. The van der Waals surface area contributed by atoms with Gasteiger partial charge in [0.2, 0.25) is 10.0 Å². The van der Waals surface area contributed by atoms with E-state index in [0.29, 0.717) is 19.4 Å². The molecule has 1 heterocycles. The van der Waals surface area contributed by atoms with Gasteiger partial charge in [0.15, 0.2) is 0 Å². The third-order valence-electron chi connectivity index (χ3n) is 3.69. The highest BCUT2D eigenvalue weighted by Crippen LogP contribution is 2.14. The third kappa shape index (κ3) is 3.78. The van der Waals surface area contributed by atoms with Crippen LogP contribution in [0.1, 0.15) is 30.9 Å². The van der Waals surface area contributed by atoms with E-state index < -0.39 is 10.0 Å². The van der Waals surface area contributed by atoms with Crippen molar-refractivity contribution in [3.8, 4) is 0 Å². The number of hydrogen-bond donors (Lipinski definition) is 2. The van der Waals surface area contributed by atoms with Crippen molar-refractivity contribution in [1.29, 1.82) is 0 Å². The van der Waals surface area contributed by atoms with Gasteiger partial charge in [-0.15, -0.1) is 0 Å². The molecule has 1 aliphatic heterocycles. The third-order valence-corrected chi connectivity index (χ3v) is 5.58. The fourth-order valence-electron chi connectivity index (χ4n) is 2.48. The van der Waals surface area contributed by atoms with E-state index in [4.69, 9.17) is 0 Å². The Hall–Kier alpha value is -0.910. The minimum atomic E-state index is -3.20. The number of hydrogen-bond acceptors (Lipinski definition) is 3. The first-order valence-electron chi connectivity index (χ1n) is 6.89. The van der Waals surface area contributed by atoms with Gasteiger partial charge in [-0.1, -0.05) is 31.2 Å². The van der Waals surface area contributed by atoms with Gasteiger partial charge in [-0.2, -0.15) is 0 Å². The van der Waals surface area contributed by atoms with E-state index in [1.807, 2.05) is 24.3 Å². The van der Waals surface area contributed by atoms with Crippen LogP contribution < -0.4 is 10.0 Å². The van der Waals surface area contributed by atoms with Gasteiger partial charge in [-0.25, -0.2) is 13.1 Å². The Morgan fingerprint density at radius 2 is 1.84 bits per heavy atom. The van der Waals surface area contributed by atoms with Gasteiger partial charge in [0.25, 0.3) is 0 Å². The smallest absolute Gasteiger partial charge is 0.214 e. The van der Waals surface area contributed by atoms with Gasteiger partial charge < -0.3 is 5.32 Å². The maximum Gasteiger partial charge on any atom is 0.214 e. The molecule has 1 aliphatic rings. The predicted molar refractivity (Wildman–Crippen MR) is 77.5 cm³/mol. The molecule has 0 radical (unpaired) electrons. The Balaban J connectivity index is 2.00. The maximum atomic E-state index is 12.2. The van der Waals surface area contributed by atoms with Crippen LogP contribution in [0.4, 0.5) is 0 Å². The summed E-state index contributed by atoms with van der Waals surface area (Å²) in [6.45, 7) is 4.06. The molecule has 19 heavy (non-hydrogen) atoms. The SMILES string of the molecule is CCc1ccccc1CNS(=O)(=O)C1CCNCC1. The lowest BCUT2D eigenvalue weighted by molar-refractivity contribution is 0.489. The summed E-state index contributed by atoms with van der Waals surface area (Å²) in [6, 6.07) is 7.98. The summed E-state index contributed by atoms with van der Waals surface area (Å²) in [5, 5.41) is 2.94. The largest absolute Gasteiger partial charge is 0.317 e. The lowest BCUT2D eigenvalue weighted by Crippen LogP contribution is -2.41. The first-order chi connectivity index (χ1) is 9.13. The number of benzene rings is 1. The van der Waals surface area contributed by atoms with E-state index in [1.165, 1.54) is 5.56 Å². The van der Waals surface area contributed by atoms with Crippen LogP contribution in [0.3, 0.4) is 0 Å². The zero-order chi connectivity index (χ0) is 13.7. The summed E-state index contributed by atoms with van der Waals surface area (Å²) in [5.41, 5.74) is 2.28. The summed E-state index contributed by atoms with van der Waals surface area (Å²) >= 11 is 0. The predicted octanol–water partition coefficient (Wildman–Crippen LogP) is 1.42. The second-order valence-corrected chi connectivity index (χ2v) is 6.98. The number of sulfonamides is 1. The van der Waals surface area contributed by atoms with Crippen LogP contribution in [0.5, 0.6) is 0 Å². The standard InChI is InChI=1S/C14H22N2O2S/c1-2-12-5-3-4-6-13(12)11-16-19(17,18)14-7-9-15-10-8-14/h3-6,14-16H,2,7-11H2,1H3. The van der Waals surface area contributed by atoms with E-state index in [2.05, 4.69) is 17.0 Å². The average Bonchev–Trinajstić information content (AvgIpc) is 2.46. The van der Waals surface area contributed by atoms with Gasteiger partial charge in [0, 0.05) is 6.54 Å². The highest BCUT2D eigenvalue weighted by Gasteiger charge is 2.26. The van der Waals surface area contributed by atoms with Crippen LogP contribution in [-0.2, 0) is 23.0 Å². The van der Waals surface area contributed by atoms with E-state index in [0.717, 1.165) is 25.1 Å². The molecule has 1 aromatic rings. The van der Waals surface area contributed by atoms with Crippen LogP contribution in [0.2, 0.25) is 0 Å². The van der Waals surface area contributed by atoms with Gasteiger partial charge in [0.05, 0.1) is 5.25 Å². The van der Waals surface area contributed by atoms with Crippen LogP contribution in [0.15, 0.2) is 24.3 Å². The van der Waals surface area contributed by atoms with Crippen molar-refractivity contribution in [3.05, 3.63) is 35.4 Å². The summed E-state index contributed by atoms with van der Waals surface area (Å²) in [4.78, 5) is 0. The van der Waals surface area contributed by atoms with Crippen molar-refractivity contribution in [2.45, 2.75) is 38.0 Å². The van der Waals surface area contributed by atoms with Crippen molar-refractivity contribution in [3.63, 3.8) is 0 Å².